The molecule has 2 aromatic carbocycles. The number of nitrogens with zero attached hydrogens (tertiary/aromatic N) is 1. The number of aromatic nitrogens is 1. The Morgan fingerprint density at radius 1 is 1.12 bits per heavy atom. The lowest BCUT2D eigenvalue weighted by atomic mass is 10.1. The minimum atomic E-state index is -0.453. The molecule has 24 heavy (non-hydrogen) atoms. The van der Waals surface area contributed by atoms with Crippen molar-refractivity contribution in [3.05, 3.63) is 70.4 Å². The highest BCUT2D eigenvalue weighted by atomic mass is 19.1. The molecule has 1 aromatic heterocycles. The number of nitrogens with one attached hydrogen (secondary N) is 1. The van der Waals surface area contributed by atoms with Crippen molar-refractivity contribution in [1.82, 2.24) is 4.57 Å². The topological polar surface area (TPSA) is 60.3 Å². The van der Waals surface area contributed by atoms with E-state index in [1.165, 1.54) is 43.0 Å². The van der Waals surface area contributed by atoms with Gasteiger partial charge in [0.05, 0.1) is 7.11 Å². The first kappa shape index (κ1) is 15.7. The molecular formula is C18H15FN2O3. The summed E-state index contributed by atoms with van der Waals surface area (Å²) in [5, 5.41) is 3.76. The third-order valence-electron chi connectivity index (χ3n) is 3.78. The van der Waals surface area contributed by atoms with Gasteiger partial charge in [0.25, 0.3) is 11.5 Å². The Balaban J connectivity index is 2.04. The molecule has 0 fully saturated rings. The first-order valence-electron chi connectivity index (χ1n) is 7.24. The maximum Gasteiger partial charge on any atom is 0.272 e. The number of carbonyl (C=O) groups excluding carboxylic acids is 1. The van der Waals surface area contributed by atoms with Crippen LogP contribution in [0.3, 0.4) is 0 Å². The Morgan fingerprint density at radius 3 is 2.50 bits per heavy atom. The predicted molar refractivity (Wildman–Crippen MR) is 90.1 cm³/mol. The lowest BCUT2D eigenvalue weighted by Gasteiger charge is -2.11. The highest BCUT2D eigenvalue weighted by Gasteiger charge is 2.14. The Hall–Kier alpha value is -3.15. The molecule has 1 N–H and O–H groups in total. The number of rotatable bonds is 3. The van der Waals surface area contributed by atoms with E-state index in [0.29, 0.717) is 22.2 Å². The second-order valence-corrected chi connectivity index (χ2v) is 5.31. The minimum absolute atomic E-state index is 0.199. The van der Waals surface area contributed by atoms with Crippen LogP contribution in [-0.4, -0.2) is 17.6 Å². The molecule has 0 aliphatic heterocycles. The molecule has 0 aliphatic rings. The lowest BCUT2D eigenvalue weighted by molar-refractivity contribution is 0.101. The van der Waals surface area contributed by atoms with E-state index in [1.54, 1.807) is 24.3 Å². The molecule has 0 bridgehead atoms. The average Bonchev–Trinajstić information content (AvgIpc) is 2.59. The number of ether oxygens (including phenoxy) is 1. The number of amides is 1. The van der Waals surface area contributed by atoms with E-state index in [2.05, 4.69) is 5.32 Å². The largest absolute Gasteiger partial charge is 0.497 e. The molecule has 0 unspecified atom stereocenters. The van der Waals surface area contributed by atoms with E-state index in [-0.39, 0.29) is 11.3 Å². The molecule has 1 amide bonds. The summed E-state index contributed by atoms with van der Waals surface area (Å²) in [7, 11) is 3.07. The van der Waals surface area contributed by atoms with Gasteiger partial charge in [-0.25, -0.2) is 4.39 Å². The van der Waals surface area contributed by atoms with Crippen molar-refractivity contribution in [1.29, 1.82) is 0 Å². The van der Waals surface area contributed by atoms with Gasteiger partial charge in [-0.2, -0.15) is 0 Å². The van der Waals surface area contributed by atoms with Crippen LogP contribution in [0.2, 0.25) is 0 Å². The molecule has 3 aromatic rings. The Labute approximate surface area is 137 Å². The van der Waals surface area contributed by atoms with Crippen LogP contribution < -0.4 is 15.6 Å². The highest BCUT2D eigenvalue weighted by Crippen LogP contribution is 2.20. The molecule has 0 atom stereocenters. The van der Waals surface area contributed by atoms with Crippen molar-refractivity contribution in [2.24, 2.45) is 7.05 Å². The fourth-order valence-corrected chi connectivity index (χ4v) is 2.46. The summed E-state index contributed by atoms with van der Waals surface area (Å²) in [6, 6.07) is 12.1. The quantitative estimate of drug-likeness (QED) is 0.805. The fraction of sp³-hybridized carbons (Fsp3) is 0.111. The zero-order valence-corrected chi connectivity index (χ0v) is 13.2. The first-order valence-corrected chi connectivity index (χ1v) is 7.24. The maximum absolute atomic E-state index is 12.9. The summed E-state index contributed by atoms with van der Waals surface area (Å²) in [6.45, 7) is 0. The third kappa shape index (κ3) is 2.86. The summed E-state index contributed by atoms with van der Waals surface area (Å²) in [4.78, 5) is 24.9. The molecule has 5 nitrogen and oxygen atoms in total. The van der Waals surface area contributed by atoms with Gasteiger partial charge < -0.3 is 14.6 Å². The zero-order valence-electron chi connectivity index (χ0n) is 13.2. The normalized spacial score (nSPS) is 10.6. The molecule has 3 rings (SSSR count). The van der Waals surface area contributed by atoms with Gasteiger partial charge in [-0.1, -0.05) is 0 Å². The maximum atomic E-state index is 12.9. The number of pyridine rings is 1. The van der Waals surface area contributed by atoms with Crippen molar-refractivity contribution >= 4 is 22.4 Å². The summed E-state index contributed by atoms with van der Waals surface area (Å²) in [6.07, 6.45) is 0. The van der Waals surface area contributed by atoms with Crippen LogP contribution >= 0.6 is 0 Å². The van der Waals surface area contributed by atoms with Crippen molar-refractivity contribution < 1.29 is 13.9 Å². The standard InChI is InChI=1S/C18H15FN2O3/c1-21-16(17(22)20-13-5-3-12(19)4-6-13)10-11-9-14(24-2)7-8-15(11)18(21)23/h3-10H,1-2H3,(H,20,22). The molecular weight excluding hydrogens is 311 g/mol. The smallest absolute Gasteiger partial charge is 0.272 e. The Kier molecular flexibility index (Phi) is 4.04. The number of hydrogen-bond donors (Lipinski definition) is 1. The summed E-state index contributed by atoms with van der Waals surface area (Å²) < 4.78 is 19.4. The molecule has 0 aliphatic carbocycles. The van der Waals surface area contributed by atoms with Crippen LogP contribution in [0.5, 0.6) is 5.75 Å². The van der Waals surface area contributed by atoms with Crippen LogP contribution in [0, 0.1) is 5.82 Å². The summed E-state index contributed by atoms with van der Waals surface area (Å²) in [5.74, 6) is -0.246. The second kappa shape index (κ2) is 6.16. The molecule has 0 spiro atoms. The number of anilines is 1. The van der Waals surface area contributed by atoms with Crippen molar-refractivity contribution in [2.75, 3.05) is 12.4 Å². The summed E-state index contributed by atoms with van der Waals surface area (Å²) >= 11 is 0. The van der Waals surface area contributed by atoms with Crippen LogP contribution in [-0.2, 0) is 7.05 Å². The van der Waals surface area contributed by atoms with Crippen LogP contribution in [0.15, 0.2) is 53.3 Å². The fourth-order valence-electron chi connectivity index (χ4n) is 2.46. The van der Waals surface area contributed by atoms with Crippen LogP contribution in [0.1, 0.15) is 10.5 Å². The van der Waals surface area contributed by atoms with E-state index < -0.39 is 11.7 Å². The number of methoxy groups -OCH3 is 1. The Bertz CT molecular complexity index is 978. The lowest BCUT2D eigenvalue weighted by Crippen LogP contribution is -2.26. The van der Waals surface area contributed by atoms with Gasteiger partial charge in [0.15, 0.2) is 0 Å². The highest BCUT2D eigenvalue weighted by molar-refractivity contribution is 6.05. The Morgan fingerprint density at radius 2 is 1.83 bits per heavy atom. The molecule has 0 radical (unpaired) electrons. The van der Waals surface area contributed by atoms with Gasteiger partial charge in [0.2, 0.25) is 0 Å². The average molecular weight is 326 g/mol. The molecule has 0 saturated heterocycles. The monoisotopic (exact) mass is 326 g/mol. The van der Waals surface area contributed by atoms with E-state index in [0.717, 1.165) is 0 Å². The predicted octanol–water partition coefficient (Wildman–Crippen LogP) is 2.94. The molecule has 1 heterocycles. The number of carbonyl (C=O) groups is 1. The number of fused-ring (bicyclic) bond motifs is 1. The van der Waals surface area contributed by atoms with Gasteiger partial charge in [0.1, 0.15) is 17.3 Å². The van der Waals surface area contributed by atoms with Gasteiger partial charge in [-0.05, 0) is 53.9 Å². The van der Waals surface area contributed by atoms with Crippen molar-refractivity contribution in [3.8, 4) is 5.75 Å². The molecule has 0 saturated carbocycles. The molecule has 6 heteroatoms. The van der Waals surface area contributed by atoms with Crippen LogP contribution in [0.25, 0.3) is 10.8 Å². The van der Waals surface area contributed by atoms with Gasteiger partial charge in [0, 0.05) is 18.1 Å². The van der Waals surface area contributed by atoms with Crippen molar-refractivity contribution in [3.63, 3.8) is 0 Å². The number of halogens is 1. The van der Waals surface area contributed by atoms with Crippen molar-refractivity contribution in [2.45, 2.75) is 0 Å². The number of benzene rings is 2. The third-order valence-corrected chi connectivity index (χ3v) is 3.78. The van der Waals surface area contributed by atoms with E-state index in [1.807, 2.05) is 0 Å². The van der Waals surface area contributed by atoms with Gasteiger partial charge >= 0.3 is 0 Å². The second-order valence-electron chi connectivity index (χ2n) is 5.31. The zero-order chi connectivity index (χ0) is 17.3. The first-order chi connectivity index (χ1) is 11.5. The SMILES string of the molecule is COc1ccc2c(=O)n(C)c(C(=O)Nc3ccc(F)cc3)cc2c1. The number of hydrogen-bond acceptors (Lipinski definition) is 3. The van der Waals surface area contributed by atoms with Gasteiger partial charge in [-0.3, -0.25) is 9.59 Å². The van der Waals surface area contributed by atoms with Gasteiger partial charge in [-0.15, -0.1) is 0 Å². The molecule has 122 valence electrons. The van der Waals surface area contributed by atoms with E-state index in [9.17, 15) is 14.0 Å². The van der Waals surface area contributed by atoms with E-state index >= 15 is 0 Å². The van der Waals surface area contributed by atoms with Crippen LogP contribution in [0.4, 0.5) is 10.1 Å². The van der Waals surface area contributed by atoms with E-state index in [4.69, 9.17) is 4.74 Å². The summed E-state index contributed by atoms with van der Waals surface area (Å²) in [5.41, 5.74) is 0.365. The minimum Gasteiger partial charge on any atom is -0.497 e.